The van der Waals surface area contributed by atoms with Gasteiger partial charge in [0.15, 0.2) is 0 Å². The monoisotopic (exact) mass is 160 g/mol. The van der Waals surface area contributed by atoms with E-state index in [4.69, 9.17) is 5.11 Å². The van der Waals surface area contributed by atoms with Gasteiger partial charge in [0.05, 0.1) is 0 Å². The number of hydrogen-bond donors (Lipinski definition) is 1. The Morgan fingerprint density at radius 2 is 1.91 bits per heavy atom. The summed E-state index contributed by atoms with van der Waals surface area (Å²) >= 11 is 0. The number of allylic oxidation sites excluding steroid dienone is 1. The molecule has 0 bridgehead atoms. The largest absolute Gasteiger partial charge is 2.00 e. The van der Waals surface area contributed by atoms with E-state index in [2.05, 4.69) is 6.58 Å². The smallest absolute Gasteiger partial charge is 1.00 e. The third kappa shape index (κ3) is 3.44. The second kappa shape index (κ2) is 5.21. The summed E-state index contributed by atoms with van der Waals surface area (Å²) in [5.41, 5.74) is 1.17. The van der Waals surface area contributed by atoms with Crippen molar-refractivity contribution in [3.63, 3.8) is 0 Å². The van der Waals surface area contributed by atoms with Crippen molar-refractivity contribution in [3.8, 4) is 5.75 Å². The third-order valence-electron chi connectivity index (χ3n) is 1.32. The van der Waals surface area contributed by atoms with Crippen LogP contribution in [0, 0.1) is 0 Å². The number of rotatable bonds is 2. The van der Waals surface area contributed by atoms with E-state index >= 15 is 0 Å². The van der Waals surface area contributed by atoms with Crippen LogP contribution in [0.15, 0.2) is 36.9 Å². The molecule has 56 valence electrons. The van der Waals surface area contributed by atoms with E-state index in [1.54, 1.807) is 12.1 Å². The fourth-order valence-electron chi connectivity index (χ4n) is 0.799. The molecule has 11 heavy (non-hydrogen) atoms. The van der Waals surface area contributed by atoms with E-state index in [0.29, 0.717) is 5.75 Å². The summed E-state index contributed by atoms with van der Waals surface area (Å²) in [5, 5.41) is 8.90. The predicted octanol–water partition coefficient (Wildman–Crippen LogP) is 1.96. The van der Waals surface area contributed by atoms with Gasteiger partial charge in [0.25, 0.3) is 0 Å². The molecule has 0 fully saturated rings. The molecule has 0 heterocycles. The van der Waals surface area contributed by atoms with Crippen LogP contribution in [-0.2, 0) is 6.42 Å². The molecule has 0 aliphatic heterocycles. The summed E-state index contributed by atoms with van der Waals surface area (Å²) in [6, 6.07) is 7.13. The fourth-order valence-corrected chi connectivity index (χ4v) is 0.799. The van der Waals surface area contributed by atoms with Crippen molar-refractivity contribution < 1.29 is 7.96 Å². The molecule has 0 saturated heterocycles. The standard InChI is InChI=1S/C9H10O.Mg.2H/c1-2-3-8-4-6-9(10)7-5-8;;;/h2,4-7,10H,1,3H2;;;/q;+2;2*-1. The zero-order chi connectivity index (χ0) is 7.40. The Hall–Kier alpha value is -0.474. The molecule has 0 saturated carbocycles. The molecule has 0 amide bonds. The Morgan fingerprint density at radius 1 is 1.36 bits per heavy atom. The van der Waals surface area contributed by atoms with Gasteiger partial charge < -0.3 is 7.96 Å². The normalized spacial score (nSPS) is 8.36. The molecule has 0 atom stereocenters. The van der Waals surface area contributed by atoms with Gasteiger partial charge in [0, 0.05) is 0 Å². The van der Waals surface area contributed by atoms with Crippen molar-refractivity contribution in [1.82, 2.24) is 0 Å². The summed E-state index contributed by atoms with van der Waals surface area (Å²) < 4.78 is 0. The van der Waals surface area contributed by atoms with E-state index < -0.39 is 0 Å². The van der Waals surface area contributed by atoms with Crippen LogP contribution in [0.1, 0.15) is 8.42 Å². The molecule has 0 radical (unpaired) electrons. The maximum atomic E-state index is 8.90. The summed E-state index contributed by atoms with van der Waals surface area (Å²) in [5.74, 6) is 0.313. The van der Waals surface area contributed by atoms with Gasteiger partial charge in [-0.15, -0.1) is 6.58 Å². The van der Waals surface area contributed by atoms with Crippen molar-refractivity contribution in [2.45, 2.75) is 6.42 Å². The molecule has 1 nitrogen and oxygen atoms in total. The number of phenolic OH excluding ortho intramolecular Hbond substituents is 1. The molecule has 1 rings (SSSR count). The second-order valence-electron chi connectivity index (χ2n) is 2.16. The van der Waals surface area contributed by atoms with E-state index in [1.165, 1.54) is 5.56 Å². The van der Waals surface area contributed by atoms with Gasteiger partial charge in [-0.2, -0.15) is 0 Å². The fraction of sp³-hybridized carbons (Fsp3) is 0.111. The number of benzene rings is 1. The van der Waals surface area contributed by atoms with Gasteiger partial charge >= 0.3 is 23.1 Å². The van der Waals surface area contributed by atoms with Crippen molar-refractivity contribution in [3.05, 3.63) is 42.5 Å². The van der Waals surface area contributed by atoms with Crippen LogP contribution in [0.25, 0.3) is 0 Å². The van der Waals surface area contributed by atoms with E-state index in [-0.39, 0.29) is 25.9 Å². The van der Waals surface area contributed by atoms with Crippen molar-refractivity contribution in [2.75, 3.05) is 0 Å². The Balaban J connectivity index is -0.000000333. The maximum absolute atomic E-state index is 8.90. The molecule has 1 N–H and O–H groups in total. The van der Waals surface area contributed by atoms with Crippen molar-refractivity contribution >= 4 is 23.1 Å². The first-order chi connectivity index (χ1) is 4.83. The molecular weight excluding hydrogens is 148 g/mol. The first-order valence-corrected chi connectivity index (χ1v) is 3.22. The molecule has 1 aromatic rings. The van der Waals surface area contributed by atoms with Crippen LogP contribution < -0.4 is 0 Å². The Kier molecular flexibility index (Phi) is 4.99. The zero-order valence-electron chi connectivity index (χ0n) is 8.46. The molecule has 0 aromatic heterocycles. The predicted molar refractivity (Wildman–Crippen MR) is 50.0 cm³/mol. The second-order valence-corrected chi connectivity index (χ2v) is 2.16. The van der Waals surface area contributed by atoms with E-state index in [0.717, 1.165) is 6.42 Å². The number of aromatic hydroxyl groups is 1. The van der Waals surface area contributed by atoms with Crippen molar-refractivity contribution in [2.24, 2.45) is 0 Å². The quantitative estimate of drug-likeness (QED) is 0.518. The Labute approximate surface area is 85.9 Å². The molecule has 0 aliphatic carbocycles. The summed E-state index contributed by atoms with van der Waals surface area (Å²) in [6.07, 6.45) is 2.70. The molecular formula is C9H12MgO. The van der Waals surface area contributed by atoms with Crippen LogP contribution >= 0.6 is 0 Å². The summed E-state index contributed by atoms with van der Waals surface area (Å²) in [4.78, 5) is 0. The SMILES string of the molecule is C=CCc1ccc(O)cc1.[H-].[H-].[Mg+2]. The van der Waals surface area contributed by atoms with Gasteiger partial charge in [-0.05, 0) is 24.1 Å². The van der Waals surface area contributed by atoms with Gasteiger partial charge in [-0.25, -0.2) is 0 Å². The molecule has 1 aromatic carbocycles. The minimum absolute atomic E-state index is 0. The van der Waals surface area contributed by atoms with Crippen molar-refractivity contribution in [1.29, 1.82) is 0 Å². The van der Waals surface area contributed by atoms with Crippen LogP contribution in [-0.4, -0.2) is 28.2 Å². The van der Waals surface area contributed by atoms with Crippen LogP contribution in [0.5, 0.6) is 5.75 Å². The van der Waals surface area contributed by atoms with Gasteiger partial charge in [0.2, 0.25) is 0 Å². The molecule has 2 heteroatoms. The average molecular weight is 160 g/mol. The number of phenols is 1. The third-order valence-corrected chi connectivity index (χ3v) is 1.32. The van der Waals surface area contributed by atoms with Crippen LogP contribution in [0.2, 0.25) is 0 Å². The topological polar surface area (TPSA) is 20.2 Å². The Morgan fingerprint density at radius 3 is 2.36 bits per heavy atom. The minimum Gasteiger partial charge on any atom is -1.00 e. The van der Waals surface area contributed by atoms with E-state index in [9.17, 15) is 0 Å². The average Bonchev–Trinajstić information content (AvgIpc) is 1.95. The first-order valence-electron chi connectivity index (χ1n) is 3.22. The summed E-state index contributed by atoms with van der Waals surface area (Å²) in [6.45, 7) is 3.62. The number of hydrogen-bond acceptors (Lipinski definition) is 1. The molecule has 0 aliphatic rings. The van der Waals surface area contributed by atoms with Crippen LogP contribution in [0.3, 0.4) is 0 Å². The van der Waals surface area contributed by atoms with Gasteiger partial charge in [0.1, 0.15) is 5.75 Å². The van der Waals surface area contributed by atoms with Crippen LogP contribution in [0.4, 0.5) is 0 Å². The molecule has 0 unspecified atom stereocenters. The molecule has 0 spiro atoms. The Bertz CT molecular complexity index is 224. The first kappa shape index (κ1) is 10.5. The minimum atomic E-state index is 0. The summed E-state index contributed by atoms with van der Waals surface area (Å²) in [7, 11) is 0. The zero-order valence-corrected chi connectivity index (χ0v) is 7.87. The maximum Gasteiger partial charge on any atom is 2.00 e. The van der Waals surface area contributed by atoms with Gasteiger partial charge in [-0.3, -0.25) is 0 Å². The van der Waals surface area contributed by atoms with E-state index in [1.807, 2.05) is 18.2 Å². The van der Waals surface area contributed by atoms with Gasteiger partial charge in [-0.1, -0.05) is 18.2 Å².